The average Bonchev–Trinajstić information content (AvgIpc) is 3.19. The summed E-state index contributed by atoms with van der Waals surface area (Å²) in [5.74, 6) is -0.331. The van der Waals surface area contributed by atoms with Gasteiger partial charge in [0.2, 0.25) is 0 Å². The van der Waals surface area contributed by atoms with E-state index in [1.165, 1.54) is 4.90 Å². The third kappa shape index (κ3) is 4.75. The van der Waals surface area contributed by atoms with E-state index in [1.54, 1.807) is 37.5 Å². The second kappa shape index (κ2) is 10.2. The molecule has 190 valence electrons. The van der Waals surface area contributed by atoms with Crippen molar-refractivity contribution in [3.05, 3.63) is 77.1 Å². The fraction of sp³-hybridized carbons (Fsp3) is 0.250. The Labute approximate surface area is 221 Å². The number of methoxy groups -OCH3 is 1. The van der Waals surface area contributed by atoms with Crippen molar-refractivity contribution < 1.29 is 19.1 Å². The molecule has 8 nitrogen and oxygen atoms in total. The predicted octanol–water partition coefficient (Wildman–Crippen LogP) is 3.77. The lowest BCUT2D eigenvalue weighted by Gasteiger charge is -2.29. The lowest BCUT2D eigenvalue weighted by Crippen LogP contribution is -2.54. The third-order valence-corrected chi connectivity index (χ3v) is 6.97. The van der Waals surface area contributed by atoms with Crippen LogP contribution in [0.4, 0.5) is 11.4 Å². The van der Waals surface area contributed by atoms with Crippen LogP contribution in [0.3, 0.4) is 0 Å². The van der Waals surface area contributed by atoms with Crippen LogP contribution in [0.15, 0.2) is 60.2 Å². The molecule has 2 aliphatic rings. The molecule has 5 rings (SSSR count). The molecule has 0 atom stereocenters. The highest BCUT2D eigenvalue weighted by molar-refractivity contribution is 7.80. The Morgan fingerprint density at radius 3 is 2.22 bits per heavy atom. The summed E-state index contributed by atoms with van der Waals surface area (Å²) in [6, 6.07) is 17.3. The summed E-state index contributed by atoms with van der Waals surface area (Å²) in [5, 5.41) is 2.69. The number of hydrogen-bond donors (Lipinski definition) is 1. The Hall–Kier alpha value is -3.95. The van der Waals surface area contributed by atoms with E-state index < -0.39 is 11.8 Å². The number of hydrogen-bond acceptors (Lipinski definition) is 6. The number of carbonyl (C=O) groups is 2. The van der Waals surface area contributed by atoms with Crippen molar-refractivity contribution in [3.63, 3.8) is 0 Å². The SMILES string of the molecule is COc1ccc(N2C(=O)C(=Cc3cc(C)n(-c4ccc(N5CCOCC5)cc4)c3C)C(=O)NC2=S)cc1. The Morgan fingerprint density at radius 2 is 1.57 bits per heavy atom. The first-order valence-electron chi connectivity index (χ1n) is 12.0. The number of aromatic nitrogens is 1. The molecule has 0 saturated carbocycles. The van der Waals surface area contributed by atoms with Crippen LogP contribution in [-0.4, -0.2) is 54.9 Å². The second-order valence-corrected chi connectivity index (χ2v) is 9.32. The van der Waals surface area contributed by atoms with Crippen LogP contribution in [0.1, 0.15) is 17.0 Å². The highest BCUT2D eigenvalue weighted by Gasteiger charge is 2.34. The molecule has 1 aromatic heterocycles. The minimum Gasteiger partial charge on any atom is -0.497 e. The van der Waals surface area contributed by atoms with Gasteiger partial charge in [-0.05, 0) is 92.3 Å². The normalized spacial score (nSPS) is 17.4. The molecule has 9 heteroatoms. The van der Waals surface area contributed by atoms with Gasteiger partial charge < -0.3 is 18.9 Å². The van der Waals surface area contributed by atoms with Gasteiger partial charge in [0.05, 0.1) is 26.0 Å². The summed E-state index contributed by atoms with van der Waals surface area (Å²) in [6.07, 6.45) is 1.64. The highest BCUT2D eigenvalue weighted by atomic mass is 32.1. The molecule has 2 fully saturated rings. The van der Waals surface area contributed by atoms with Gasteiger partial charge in [-0.15, -0.1) is 0 Å². The first-order valence-corrected chi connectivity index (χ1v) is 12.5. The van der Waals surface area contributed by atoms with Gasteiger partial charge in [-0.25, -0.2) is 0 Å². The maximum Gasteiger partial charge on any atom is 0.270 e. The van der Waals surface area contributed by atoms with E-state index in [2.05, 4.69) is 39.0 Å². The third-order valence-electron chi connectivity index (χ3n) is 6.69. The summed E-state index contributed by atoms with van der Waals surface area (Å²) < 4.78 is 12.8. The van der Waals surface area contributed by atoms with Gasteiger partial charge in [0.25, 0.3) is 11.8 Å². The molecule has 0 unspecified atom stereocenters. The second-order valence-electron chi connectivity index (χ2n) is 8.93. The largest absolute Gasteiger partial charge is 0.497 e. The molecule has 2 amide bonds. The van der Waals surface area contributed by atoms with Crippen molar-refractivity contribution >= 4 is 46.6 Å². The number of amides is 2. The zero-order valence-corrected chi connectivity index (χ0v) is 21.8. The van der Waals surface area contributed by atoms with Gasteiger partial charge in [-0.2, -0.15) is 0 Å². The van der Waals surface area contributed by atoms with Crippen LogP contribution >= 0.6 is 12.2 Å². The molecule has 0 radical (unpaired) electrons. The molecule has 2 saturated heterocycles. The topological polar surface area (TPSA) is 76.0 Å². The zero-order valence-electron chi connectivity index (χ0n) is 21.0. The summed E-state index contributed by atoms with van der Waals surface area (Å²) >= 11 is 5.31. The Kier molecular flexibility index (Phi) is 6.82. The Bertz CT molecular complexity index is 1390. The maximum atomic E-state index is 13.4. The van der Waals surface area contributed by atoms with E-state index in [1.807, 2.05) is 19.9 Å². The number of nitrogens with zero attached hydrogens (tertiary/aromatic N) is 3. The minimum absolute atomic E-state index is 0.0207. The van der Waals surface area contributed by atoms with E-state index in [0.29, 0.717) is 11.4 Å². The fourth-order valence-corrected chi connectivity index (χ4v) is 5.02. The minimum atomic E-state index is -0.514. The number of carbonyl (C=O) groups excluding carboxylic acids is 2. The summed E-state index contributed by atoms with van der Waals surface area (Å²) in [5.41, 5.74) is 5.45. The van der Waals surface area contributed by atoms with E-state index in [4.69, 9.17) is 21.7 Å². The van der Waals surface area contributed by atoms with E-state index in [9.17, 15) is 9.59 Å². The number of morpholine rings is 1. The van der Waals surface area contributed by atoms with E-state index >= 15 is 0 Å². The predicted molar refractivity (Wildman–Crippen MR) is 147 cm³/mol. The van der Waals surface area contributed by atoms with Crippen LogP contribution < -0.4 is 19.9 Å². The highest BCUT2D eigenvalue weighted by Crippen LogP contribution is 2.28. The van der Waals surface area contributed by atoms with E-state index in [-0.39, 0.29) is 10.7 Å². The average molecular weight is 517 g/mol. The number of nitrogens with one attached hydrogen (secondary N) is 1. The van der Waals surface area contributed by atoms with Gasteiger partial charge >= 0.3 is 0 Å². The van der Waals surface area contributed by atoms with Gasteiger partial charge in [-0.3, -0.25) is 19.8 Å². The molecule has 0 spiro atoms. The van der Waals surface area contributed by atoms with Gasteiger partial charge in [-0.1, -0.05) is 0 Å². The van der Waals surface area contributed by atoms with Crippen molar-refractivity contribution in [2.75, 3.05) is 43.2 Å². The van der Waals surface area contributed by atoms with Gasteiger partial charge in [0.15, 0.2) is 5.11 Å². The molecule has 2 aliphatic heterocycles. The van der Waals surface area contributed by atoms with Crippen molar-refractivity contribution in [3.8, 4) is 11.4 Å². The molecule has 2 aromatic carbocycles. The maximum absolute atomic E-state index is 13.4. The number of aryl methyl sites for hydroxylation is 1. The quantitative estimate of drug-likeness (QED) is 0.316. The molecule has 0 aliphatic carbocycles. The molecule has 3 aromatic rings. The number of rotatable bonds is 5. The molecule has 0 bridgehead atoms. The van der Waals surface area contributed by atoms with Crippen LogP contribution in [0.25, 0.3) is 11.8 Å². The molecular formula is C28H28N4O4S. The molecule has 3 heterocycles. The van der Waals surface area contributed by atoms with Crippen molar-refractivity contribution in [2.24, 2.45) is 0 Å². The van der Waals surface area contributed by atoms with Crippen LogP contribution in [-0.2, 0) is 14.3 Å². The number of anilines is 2. The van der Waals surface area contributed by atoms with Crippen LogP contribution in [0.2, 0.25) is 0 Å². The Morgan fingerprint density at radius 1 is 0.946 bits per heavy atom. The van der Waals surface area contributed by atoms with E-state index in [0.717, 1.165) is 54.6 Å². The smallest absolute Gasteiger partial charge is 0.270 e. The first kappa shape index (κ1) is 24.7. The lowest BCUT2D eigenvalue weighted by atomic mass is 10.1. The molecular weight excluding hydrogens is 488 g/mol. The Balaban J connectivity index is 1.45. The summed E-state index contributed by atoms with van der Waals surface area (Å²) in [7, 11) is 1.57. The summed E-state index contributed by atoms with van der Waals surface area (Å²) in [4.78, 5) is 29.9. The number of thiocarbonyl (C=S) groups is 1. The van der Waals surface area contributed by atoms with Crippen molar-refractivity contribution in [1.82, 2.24) is 9.88 Å². The number of ether oxygens (including phenoxy) is 2. The van der Waals surface area contributed by atoms with Crippen molar-refractivity contribution in [1.29, 1.82) is 0 Å². The van der Waals surface area contributed by atoms with Crippen molar-refractivity contribution in [2.45, 2.75) is 13.8 Å². The number of benzene rings is 2. The zero-order chi connectivity index (χ0) is 26.1. The van der Waals surface area contributed by atoms with Gasteiger partial charge in [0, 0.05) is 35.9 Å². The fourth-order valence-electron chi connectivity index (χ4n) is 4.74. The monoisotopic (exact) mass is 516 g/mol. The van der Waals surface area contributed by atoms with Gasteiger partial charge in [0.1, 0.15) is 11.3 Å². The molecule has 1 N–H and O–H groups in total. The molecule has 37 heavy (non-hydrogen) atoms. The lowest BCUT2D eigenvalue weighted by molar-refractivity contribution is -0.122. The van der Waals surface area contributed by atoms with Crippen LogP contribution in [0, 0.1) is 13.8 Å². The summed E-state index contributed by atoms with van der Waals surface area (Å²) in [6.45, 7) is 7.22. The van der Waals surface area contributed by atoms with Crippen LogP contribution in [0.5, 0.6) is 5.75 Å². The standard InChI is InChI=1S/C28H28N4O4S/c1-18-16-20(19(2)31(18)22-6-4-21(5-7-22)30-12-14-36-15-13-30)17-25-26(33)29-28(37)32(27(25)34)23-8-10-24(35-3)11-9-23/h4-11,16-17H,12-15H2,1-3H3,(H,29,33,37). The first-order chi connectivity index (χ1) is 17.9.